The summed E-state index contributed by atoms with van der Waals surface area (Å²) in [6, 6.07) is 0. The summed E-state index contributed by atoms with van der Waals surface area (Å²) in [6.45, 7) is 6.42. The standard InChI is InChI=1S/C11H21N/c1-2-8-12-9-4-7-11(10-12)5-3-6-11/h2-10H2,1H3. The van der Waals surface area contributed by atoms with Crippen molar-refractivity contribution in [1.82, 2.24) is 4.90 Å². The van der Waals surface area contributed by atoms with Gasteiger partial charge in [0.2, 0.25) is 0 Å². The fraction of sp³-hybridized carbons (Fsp3) is 1.00. The van der Waals surface area contributed by atoms with E-state index in [2.05, 4.69) is 11.8 Å². The Morgan fingerprint density at radius 2 is 1.92 bits per heavy atom. The highest BCUT2D eigenvalue weighted by Crippen LogP contribution is 2.47. The van der Waals surface area contributed by atoms with E-state index in [1.165, 1.54) is 58.2 Å². The monoisotopic (exact) mass is 167 g/mol. The van der Waals surface area contributed by atoms with Crippen molar-refractivity contribution in [1.29, 1.82) is 0 Å². The Morgan fingerprint density at radius 3 is 2.50 bits per heavy atom. The van der Waals surface area contributed by atoms with Crippen molar-refractivity contribution in [3.63, 3.8) is 0 Å². The number of piperidine rings is 1. The molecule has 0 radical (unpaired) electrons. The molecule has 70 valence electrons. The maximum atomic E-state index is 2.68. The molecular formula is C11H21N. The lowest BCUT2D eigenvalue weighted by Crippen LogP contribution is -2.47. The van der Waals surface area contributed by atoms with Crippen LogP contribution in [0.4, 0.5) is 0 Å². The molecule has 0 atom stereocenters. The molecular weight excluding hydrogens is 146 g/mol. The summed E-state index contributed by atoms with van der Waals surface area (Å²) in [6.07, 6.45) is 8.85. The zero-order chi connectivity index (χ0) is 8.44. The van der Waals surface area contributed by atoms with Gasteiger partial charge in [0.1, 0.15) is 0 Å². The third-order valence-electron chi connectivity index (χ3n) is 3.69. The third-order valence-corrected chi connectivity index (χ3v) is 3.69. The normalized spacial score (nSPS) is 28.8. The first-order valence-electron chi connectivity index (χ1n) is 5.57. The molecule has 12 heavy (non-hydrogen) atoms. The largest absolute Gasteiger partial charge is 0.303 e. The molecule has 2 fully saturated rings. The molecule has 0 aromatic carbocycles. The molecule has 1 aliphatic heterocycles. The van der Waals surface area contributed by atoms with Gasteiger partial charge < -0.3 is 4.90 Å². The highest BCUT2D eigenvalue weighted by molar-refractivity contribution is 4.93. The lowest BCUT2D eigenvalue weighted by atomic mass is 9.64. The summed E-state index contributed by atoms with van der Waals surface area (Å²) in [5.41, 5.74) is 0.799. The quantitative estimate of drug-likeness (QED) is 0.611. The molecule has 2 aliphatic rings. The maximum Gasteiger partial charge on any atom is 0.00380 e. The molecule has 1 saturated carbocycles. The first kappa shape index (κ1) is 8.55. The van der Waals surface area contributed by atoms with Crippen LogP contribution in [0, 0.1) is 5.41 Å². The van der Waals surface area contributed by atoms with Crippen LogP contribution >= 0.6 is 0 Å². The zero-order valence-electron chi connectivity index (χ0n) is 8.31. The van der Waals surface area contributed by atoms with E-state index >= 15 is 0 Å². The molecule has 1 nitrogen and oxygen atoms in total. The van der Waals surface area contributed by atoms with Gasteiger partial charge in [-0.25, -0.2) is 0 Å². The molecule has 1 saturated heterocycles. The topological polar surface area (TPSA) is 3.24 Å². The Kier molecular flexibility index (Phi) is 2.40. The maximum absolute atomic E-state index is 2.68. The van der Waals surface area contributed by atoms with E-state index in [4.69, 9.17) is 0 Å². The van der Waals surface area contributed by atoms with Gasteiger partial charge in [-0.05, 0) is 50.6 Å². The van der Waals surface area contributed by atoms with Crippen LogP contribution in [0.3, 0.4) is 0 Å². The first-order chi connectivity index (χ1) is 5.85. The molecule has 2 rings (SSSR count). The number of rotatable bonds is 2. The molecule has 0 N–H and O–H groups in total. The zero-order valence-corrected chi connectivity index (χ0v) is 8.31. The molecule has 1 heteroatoms. The summed E-state index contributed by atoms with van der Waals surface area (Å²) >= 11 is 0. The summed E-state index contributed by atoms with van der Waals surface area (Å²) < 4.78 is 0. The lowest BCUT2D eigenvalue weighted by Gasteiger charge is -2.49. The Morgan fingerprint density at radius 1 is 1.17 bits per heavy atom. The van der Waals surface area contributed by atoms with Crippen molar-refractivity contribution in [3.8, 4) is 0 Å². The molecule has 0 unspecified atom stereocenters. The van der Waals surface area contributed by atoms with Crippen molar-refractivity contribution < 1.29 is 0 Å². The molecule has 0 amide bonds. The summed E-state index contributed by atoms with van der Waals surface area (Å²) in [5, 5.41) is 0. The number of likely N-dealkylation sites (tertiary alicyclic amines) is 1. The van der Waals surface area contributed by atoms with Crippen molar-refractivity contribution in [2.24, 2.45) is 5.41 Å². The molecule has 1 aliphatic carbocycles. The van der Waals surface area contributed by atoms with Gasteiger partial charge in [0.25, 0.3) is 0 Å². The van der Waals surface area contributed by atoms with E-state index in [1.54, 1.807) is 0 Å². The molecule has 0 bridgehead atoms. The van der Waals surface area contributed by atoms with Gasteiger partial charge in [0.05, 0.1) is 0 Å². The lowest BCUT2D eigenvalue weighted by molar-refractivity contribution is 0.0205. The summed E-state index contributed by atoms with van der Waals surface area (Å²) in [5.74, 6) is 0. The van der Waals surface area contributed by atoms with E-state index in [-0.39, 0.29) is 0 Å². The third kappa shape index (κ3) is 1.52. The van der Waals surface area contributed by atoms with E-state index in [1.807, 2.05) is 0 Å². The van der Waals surface area contributed by atoms with Crippen LogP contribution in [0.15, 0.2) is 0 Å². The van der Waals surface area contributed by atoms with E-state index in [9.17, 15) is 0 Å². The molecule has 0 aromatic heterocycles. The average Bonchev–Trinajstić information content (AvgIpc) is 2.03. The van der Waals surface area contributed by atoms with E-state index < -0.39 is 0 Å². The number of hydrogen-bond donors (Lipinski definition) is 0. The SMILES string of the molecule is CCCN1CCCC2(CCC2)C1. The Balaban J connectivity index is 1.85. The second-order valence-electron chi connectivity index (χ2n) is 4.73. The van der Waals surface area contributed by atoms with Crippen LogP contribution in [0.25, 0.3) is 0 Å². The number of nitrogens with zero attached hydrogens (tertiary/aromatic N) is 1. The number of hydrogen-bond acceptors (Lipinski definition) is 1. The van der Waals surface area contributed by atoms with Crippen LogP contribution in [-0.4, -0.2) is 24.5 Å². The van der Waals surface area contributed by atoms with Crippen LogP contribution in [0.5, 0.6) is 0 Å². The van der Waals surface area contributed by atoms with E-state index in [0.29, 0.717) is 0 Å². The Bertz CT molecular complexity index is 147. The predicted octanol–water partition coefficient (Wildman–Crippen LogP) is 2.66. The summed E-state index contributed by atoms with van der Waals surface area (Å²) in [4.78, 5) is 2.68. The minimum Gasteiger partial charge on any atom is -0.303 e. The minimum absolute atomic E-state index is 0.799. The smallest absolute Gasteiger partial charge is 0.00380 e. The molecule has 1 heterocycles. The van der Waals surface area contributed by atoms with Gasteiger partial charge in [-0.2, -0.15) is 0 Å². The highest BCUT2D eigenvalue weighted by Gasteiger charge is 2.39. The van der Waals surface area contributed by atoms with Crippen LogP contribution in [0.2, 0.25) is 0 Å². The Labute approximate surface area is 76.1 Å². The van der Waals surface area contributed by atoms with E-state index in [0.717, 1.165) is 5.41 Å². The van der Waals surface area contributed by atoms with Crippen LogP contribution < -0.4 is 0 Å². The van der Waals surface area contributed by atoms with Crippen molar-refractivity contribution >= 4 is 0 Å². The average molecular weight is 167 g/mol. The Hall–Kier alpha value is -0.0400. The van der Waals surface area contributed by atoms with Gasteiger partial charge >= 0.3 is 0 Å². The molecule has 1 spiro atoms. The predicted molar refractivity (Wildman–Crippen MR) is 52.2 cm³/mol. The fourth-order valence-corrected chi connectivity index (χ4v) is 2.90. The second kappa shape index (κ2) is 3.37. The van der Waals surface area contributed by atoms with Gasteiger partial charge in [0.15, 0.2) is 0 Å². The van der Waals surface area contributed by atoms with Gasteiger partial charge in [0, 0.05) is 6.54 Å². The second-order valence-corrected chi connectivity index (χ2v) is 4.73. The fourth-order valence-electron chi connectivity index (χ4n) is 2.90. The van der Waals surface area contributed by atoms with Crippen molar-refractivity contribution in [3.05, 3.63) is 0 Å². The molecule has 0 aromatic rings. The van der Waals surface area contributed by atoms with Crippen molar-refractivity contribution in [2.45, 2.75) is 45.4 Å². The van der Waals surface area contributed by atoms with Gasteiger partial charge in [-0.1, -0.05) is 13.3 Å². The van der Waals surface area contributed by atoms with Crippen LogP contribution in [-0.2, 0) is 0 Å². The van der Waals surface area contributed by atoms with Crippen LogP contribution in [0.1, 0.15) is 45.4 Å². The first-order valence-corrected chi connectivity index (χ1v) is 5.57. The van der Waals surface area contributed by atoms with Crippen molar-refractivity contribution in [2.75, 3.05) is 19.6 Å². The highest BCUT2D eigenvalue weighted by atomic mass is 15.1. The summed E-state index contributed by atoms with van der Waals surface area (Å²) in [7, 11) is 0. The minimum atomic E-state index is 0.799. The van der Waals surface area contributed by atoms with Gasteiger partial charge in [-0.15, -0.1) is 0 Å². The van der Waals surface area contributed by atoms with Gasteiger partial charge in [-0.3, -0.25) is 0 Å².